The molecule has 0 aliphatic carbocycles. The van der Waals surface area contributed by atoms with Crippen molar-refractivity contribution in [3.63, 3.8) is 0 Å². The summed E-state index contributed by atoms with van der Waals surface area (Å²) >= 11 is 1.50. The highest BCUT2D eigenvalue weighted by atomic mass is 32.2. The van der Waals surface area contributed by atoms with Crippen molar-refractivity contribution in [2.24, 2.45) is 16.8 Å². The Morgan fingerprint density at radius 3 is 2.34 bits per heavy atom. The fourth-order valence-electron chi connectivity index (χ4n) is 3.99. The highest BCUT2D eigenvalue weighted by molar-refractivity contribution is 8.14. The zero-order valence-corrected chi connectivity index (χ0v) is 22.8. The van der Waals surface area contributed by atoms with Crippen LogP contribution in [0.4, 0.5) is 4.79 Å². The van der Waals surface area contributed by atoms with Crippen LogP contribution in [0.25, 0.3) is 0 Å². The Bertz CT molecular complexity index is 1080. The van der Waals surface area contributed by atoms with Crippen LogP contribution in [0.15, 0.2) is 35.3 Å². The summed E-state index contributed by atoms with van der Waals surface area (Å²) in [7, 11) is 0. The lowest BCUT2D eigenvalue weighted by atomic mass is 9.99. The van der Waals surface area contributed by atoms with E-state index in [0.717, 1.165) is 5.56 Å². The minimum atomic E-state index is -1.10. The lowest BCUT2D eigenvalue weighted by Crippen LogP contribution is -2.59. The smallest absolute Gasteiger partial charge is 0.408 e. The van der Waals surface area contributed by atoms with Crippen LogP contribution in [-0.4, -0.2) is 71.1 Å². The molecule has 2 aliphatic rings. The molecule has 2 heterocycles. The first-order valence-electron chi connectivity index (χ1n) is 12.6. The van der Waals surface area contributed by atoms with Gasteiger partial charge in [-0.15, -0.1) is 11.8 Å². The van der Waals surface area contributed by atoms with Gasteiger partial charge in [-0.3, -0.25) is 24.2 Å². The van der Waals surface area contributed by atoms with Crippen LogP contribution in [0.1, 0.15) is 39.7 Å². The number of fused-ring (bicyclic) bond motifs is 1. The number of thioether (sulfide) groups is 1. The summed E-state index contributed by atoms with van der Waals surface area (Å²) in [4.78, 5) is 68.3. The molecule has 4 amide bonds. The van der Waals surface area contributed by atoms with Crippen molar-refractivity contribution in [3.05, 3.63) is 35.9 Å². The van der Waals surface area contributed by atoms with Crippen LogP contribution in [0.3, 0.4) is 0 Å². The summed E-state index contributed by atoms with van der Waals surface area (Å²) in [5.41, 5.74) is 0.801. The van der Waals surface area contributed by atoms with Gasteiger partial charge in [0.05, 0.1) is 11.1 Å². The lowest BCUT2D eigenvalue weighted by molar-refractivity contribution is -0.140. The average Bonchev–Trinajstić information content (AvgIpc) is 3.35. The Hall–Kier alpha value is -3.41. The van der Waals surface area contributed by atoms with Gasteiger partial charge in [0.25, 0.3) is 5.91 Å². The van der Waals surface area contributed by atoms with Gasteiger partial charge in [0.2, 0.25) is 17.6 Å². The fraction of sp³-hybridized carbons (Fsp3) is 0.538. The first kappa shape index (κ1) is 29.2. The molecule has 0 saturated heterocycles. The maximum atomic E-state index is 13.2. The highest BCUT2D eigenvalue weighted by Crippen LogP contribution is 2.22. The third kappa shape index (κ3) is 8.04. The number of carbonyl (C=O) groups is 5. The number of benzene rings is 1. The molecular formula is C26H35N5O6S. The van der Waals surface area contributed by atoms with E-state index < -0.39 is 47.7 Å². The normalized spacial score (nSPS) is 20.8. The van der Waals surface area contributed by atoms with Crippen molar-refractivity contribution in [2.45, 2.75) is 64.9 Å². The number of hydrogen-bond donors (Lipinski definition) is 4. The van der Waals surface area contributed by atoms with Crippen LogP contribution in [0.2, 0.25) is 0 Å². The molecule has 0 aromatic heterocycles. The van der Waals surface area contributed by atoms with Crippen LogP contribution >= 0.6 is 11.8 Å². The number of alkyl carbamates (subject to hydrolysis) is 1. The van der Waals surface area contributed by atoms with Crippen LogP contribution in [0.5, 0.6) is 0 Å². The van der Waals surface area contributed by atoms with Gasteiger partial charge in [-0.2, -0.15) is 0 Å². The number of rotatable bonds is 9. The number of hydrogen-bond acceptors (Lipinski definition) is 8. The zero-order chi connectivity index (χ0) is 27.8. The monoisotopic (exact) mass is 545 g/mol. The number of aliphatic imine (C=N–C) groups is 1. The minimum absolute atomic E-state index is 0.0451. The van der Waals surface area contributed by atoms with Crippen molar-refractivity contribution in [1.29, 1.82) is 0 Å². The van der Waals surface area contributed by atoms with Gasteiger partial charge in [-0.05, 0) is 17.4 Å². The molecule has 0 spiro atoms. The number of amides is 4. The Balaban J connectivity index is 1.64. The second kappa shape index (κ2) is 13.4. The van der Waals surface area contributed by atoms with E-state index in [1.54, 1.807) is 27.7 Å². The van der Waals surface area contributed by atoms with Crippen molar-refractivity contribution in [3.8, 4) is 0 Å². The third-order valence-electron chi connectivity index (χ3n) is 6.18. The molecule has 1 aromatic carbocycles. The summed E-state index contributed by atoms with van der Waals surface area (Å²) in [5, 5.41) is 11.2. The standard InChI is InChI=1S/C26H35N5O6S/c1-14(2)20(23(33)29-18-10-19-28-17(13-38-19)11-27-25(35)22(18)32)30-24(34)21(15(3)4)31-26(36)37-12-16-8-6-5-7-9-16/h5-9,14-15,17-18,20-21H,10-13H2,1-4H3,(H,27,35)(H,29,33)(H,30,34)(H,31,36). The van der Waals surface area contributed by atoms with Crippen LogP contribution in [0, 0.1) is 11.8 Å². The Morgan fingerprint density at radius 1 is 1.03 bits per heavy atom. The fourth-order valence-corrected chi connectivity index (χ4v) is 5.08. The molecular weight excluding hydrogens is 510 g/mol. The molecule has 4 atom stereocenters. The van der Waals surface area contributed by atoms with Gasteiger partial charge in [0, 0.05) is 18.7 Å². The quantitative estimate of drug-likeness (QED) is 0.340. The molecule has 0 saturated carbocycles. The van der Waals surface area contributed by atoms with Gasteiger partial charge in [0.1, 0.15) is 24.7 Å². The molecule has 2 aliphatic heterocycles. The van der Waals surface area contributed by atoms with E-state index in [1.807, 2.05) is 30.3 Å². The summed E-state index contributed by atoms with van der Waals surface area (Å²) in [5.74, 6) is -2.65. The molecule has 2 bridgehead atoms. The number of ether oxygens (including phenoxy) is 1. The minimum Gasteiger partial charge on any atom is -0.445 e. The zero-order valence-electron chi connectivity index (χ0n) is 22.0. The molecule has 38 heavy (non-hydrogen) atoms. The Labute approximate surface area is 226 Å². The number of ketones is 1. The van der Waals surface area contributed by atoms with Gasteiger partial charge < -0.3 is 26.0 Å². The van der Waals surface area contributed by atoms with Gasteiger partial charge in [0.15, 0.2) is 0 Å². The summed E-state index contributed by atoms with van der Waals surface area (Å²) < 4.78 is 5.24. The topological polar surface area (TPSA) is 155 Å². The van der Waals surface area contributed by atoms with Crippen molar-refractivity contribution in [2.75, 3.05) is 12.3 Å². The molecule has 4 N–H and O–H groups in total. The third-order valence-corrected chi connectivity index (χ3v) is 7.34. The number of Topliss-reactive ketones (excluding diaryl/α,β-unsaturated/α-hetero) is 1. The molecule has 11 nitrogen and oxygen atoms in total. The van der Waals surface area contributed by atoms with Crippen molar-refractivity contribution < 1.29 is 28.7 Å². The Morgan fingerprint density at radius 2 is 1.68 bits per heavy atom. The number of nitrogens with zero attached hydrogens (tertiary/aromatic N) is 1. The predicted octanol–water partition coefficient (Wildman–Crippen LogP) is 1.17. The van der Waals surface area contributed by atoms with Crippen LogP contribution in [-0.2, 0) is 30.5 Å². The van der Waals surface area contributed by atoms with Crippen LogP contribution < -0.4 is 21.3 Å². The van der Waals surface area contributed by atoms with E-state index in [-0.39, 0.29) is 37.5 Å². The second-order valence-corrected chi connectivity index (χ2v) is 11.1. The van der Waals surface area contributed by atoms with Crippen molar-refractivity contribution in [1.82, 2.24) is 21.3 Å². The average molecular weight is 546 g/mol. The largest absolute Gasteiger partial charge is 0.445 e. The van der Waals surface area contributed by atoms with Gasteiger partial charge in [-0.25, -0.2) is 4.79 Å². The summed E-state index contributed by atoms with van der Waals surface area (Å²) in [6.45, 7) is 7.32. The maximum absolute atomic E-state index is 13.2. The van der Waals surface area contributed by atoms with Gasteiger partial charge >= 0.3 is 6.09 Å². The molecule has 3 rings (SSSR count). The summed E-state index contributed by atoms with van der Waals surface area (Å²) in [6, 6.07) is 5.96. The molecule has 1 aromatic rings. The van der Waals surface area contributed by atoms with E-state index in [0.29, 0.717) is 10.8 Å². The first-order chi connectivity index (χ1) is 18.0. The highest BCUT2D eigenvalue weighted by Gasteiger charge is 2.36. The van der Waals surface area contributed by atoms with Crippen molar-refractivity contribution >= 4 is 46.4 Å². The number of nitrogens with one attached hydrogen (secondary N) is 4. The number of carbonyl (C=O) groups excluding carboxylic acids is 5. The maximum Gasteiger partial charge on any atom is 0.408 e. The molecule has 0 fully saturated rings. The predicted molar refractivity (Wildman–Crippen MR) is 143 cm³/mol. The van der Waals surface area contributed by atoms with Gasteiger partial charge in [-0.1, -0.05) is 58.0 Å². The SMILES string of the molecule is CC(C)C(NC(=O)OCc1ccccc1)C(=O)NC(C(=O)NC1CC2=NC(CNC(=O)C1=O)CS2)C(C)C. The van der Waals surface area contributed by atoms with E-state index in [9.17, 15) is 24.0 Å². The van der Waals surface area contributed by atoms with E-state index in [1.165, 1.54) is 11.8 Å². The molecule has 0 radical (unpaired) electrons. The Kier molecular flexibility index (Phi) is 10.3. The van der Waals surface area contributed by atoms with E-state index in [2.05, 4.69) is 26.3 Å². The molecule has 4 unspecified atom stereocenters. The van der Waals surface area contributed by atoms with E-state index in [4.69, 9.17) is 4.74 Å². The summed E-state index contributed by atoms with van der Waals surface area (Å²) in [6.07, 6.45) is -0.648. The van der Waals surface area contributed by atoms with E-state index >= 15 is 0 Å². The second-order valence-electron chi connectivity index (χ2n) is 9.99. The lowest BCUT2D eigenvalue weighted by Gasteiger charge is -2.28. The molecule has 12 heteroatoms. The molecule has 206 valence electrons. The first-order valence-corrected chi connectivity index (χ1v) is 13.6.